The molecule has 0 heterocycles. The van der Waals surface area contributed by atoms with Crippen molar-refractivity contribution in [3.8, 4) is 0 Å². The van der Waals surface area contributed by atoms with Crippen molar-refractivity contribution in [1.82, 2.24) is 5.32 Å². The lowest BCUT2D eigenvalue weighted by Crippen LogP contribution is -2.40. The topological polar surface area (TPSA) is 38.3 Å². The Morgan fingerprint density at radius 1 is 1.50 bits per heavy atom. The predicted octanol–water partition coefficient (Wildman–Crippen LogP) is 1.33. The van der Waals surface area contributed by atoms with Crippen LogP contribution >= 0.6 is 0 Å². The van der Waals surface area contributed by atoms with E-state index < -0.39 is 0 Å². The number of nitrogens with one attached hydrogen (secondary N) is 1. The molecule has 0 radical (unpaired) electrons. The van der Waals surface area contributed by atoms with Crippen molar-refractivity contribution in [2.45, 2.75) is 45.7 Å². The van der Waals surface area contributed by atoms with E-state index in [2.05, 4.69) is 23.9 Å². The van der Waals surface area contributed by atoms with Crippen molar-refractivity contribution in [2.24, 2.45) is 0 Å². The number of esters is 1. The van der Waals surface area contributed by atoms with Crippen LogP contribution in [0.2, 0.25) is 0 Å². The van der Waals surface area contributed by atoms with Crippen LogP contribution in [-0.4, -0.2) is 25.2 Å². The SMILES string of the molecule is CCCC(C)N[C@@H](C)C(=O)OC. The zero-order valence-corrected chi connectivity index (χ0v) is 8.39. The maximum absolute atomic E-state index is 11.0. The molecular weight excluding hydrogens is 154 g/mol. The minimum Gasteiger partial charge on any atom is -0.468 e. The highest BCUT2D eigenvalue weighted by Gasteiger charge is 2.14. The van der Waals surface area contributed by atoms with Crippen LogP contribution in [0.5, 0.6) is 0 Å². The monoisotopic (exact) mass is 173 g/mol. The summed E-state index contributed by atoms with van der Waals surface area (Å²) in [4.78, 5) is 11.0. The zero-order chi connectivity index (χ0) is 9.56. The van der Waals surface area contributed by atoms with Crippen LogP contribution in [0.25, 0.3) is 0 Å². The molecule has 0 bridgehead atoms. The van der Waals surface area contributed by atoms with Crippen molar-refractivity contribution in [3.05, 3.63) is 0 Å². The van der Waals surface area contributed by atoms with Gasteiger partial charge in [0, 0.05) is 6.04 Å². The Labute approximate surface area is 74.5 Å². The summed E-state index contributed by atoms with van der Waals surface area (Å²) in [5, 5.41) is 3.16. The average Bonchev–Trinajstić information content (AvgIpc) is 2.03. The van der Waals surface area contributed by atoms with E-state index >= 15 is 0 Å². The molecule has 0 aromatic carbocycles. The van der Waals surface area contributed by atoms with Gasteiger partial charge in [-0.15, -0.1) is 0 Å². The second-order valence-corrected chi connectivity index (χ2v) is 3.10. The van der Waals surface area contributed by atoms with Gasteiger partial charge in [-0.2, -0.15) is 0 Å². The molecule has 1 unspecified atom stereocenters. The Kier molecular flexibility index (Phi) is 5.72. The summed E-state index contributed by atoms with van der Waals surface area (Å²) in [7, 11) is 1.41. The Morgan fingerprint density at radius 3 is 2.50 bits per heavy atom. The van der Waals surface area contributed by atoms with Gasteiger partial charge >= 0.3 is 5.97 Å². The van der Waals surface area contributed by atoms with Gasteiger partial charge in [-0.3, -0.25) is 4.79 Å². The number of hydrogen-bond donors (Lipinski definition) is 1. The predicted molar refractivity (Wildman–Crippen MR) is 49.0 cm³/mol. The fourth-order valence-corrected chi connectivity index (χ4v) is 1.19. The quantitative estimate of drug-likeness (QED) is 0.637. The summed E-state index contributed by atoms with van der Waals surface area (Å²) >= 11 is 0. The molecule has 0 fully saturated rings. The Morgan fingerprint density at radius 2 is 2.08 bits per heavy atom. The molecule has 0 saturated heterocycles. The molecule has 2 atom stereocenters. The third-order valence-electron chi connectivity index (χ3n) is 1.81. The summed E-state index contributed by atoms with van der Waals surface area (Å²) in [5.74, 6) is -0.196. The fourth-order valence-electron chi connectivity index (χ4n) is 1.19. The number of carbonyl (C=O) groups excluding carboxylic acids is 1. The van der Waals surface area contributed by atoms with Crippen molar-refractivity contribution < 1.29 is 9.53 Å². The van der Waals surface area contributed by atoms with Crippen molar-refractivity contribution in [3.63, 3.8) is 0 Å². The van der Waals surface area contributed by atoms with Crippen LogP contribution in [0.3, 0.4) is 0 Å². The number of hydrogen-bond acceptors (Lipinski definition) is 3. The van der Waals surface area contributed by atoms with Gasteiger partial charge in [-0.25, -0.2) is 0 Å². The van der Waals surface area contributed by atoms with E-state index in [0.29, 0.717) is 6.04 Å². The van der Waals surface area contributed by atoms with Gasteiger partial charge in [0.2, 0.25) is 0 Å². The van der Waals surface area contributed by atoms with Gasteiger partial charge in [-0.05, 0) is 20.3 Å². The molecule has 3 heteroatoms. The van der Waals surface area contributed by atoms with E-state index in [4.69, 9.17) is 0 Å². The molecule has 12 heavy (non-hydrogen) atoms. The maximum atomic E-state index is 11.0. The molecule has 0 aliphatic rings. The van der Waals surface area contributed by atoms with E-state index in [0.717, 1.165) is 12.8 Å². The molecule has 3 nitrogen and oxygen atoms in total. The first kappa shape index (κ1) is 11.4. The Hall–Kier alpha value is -0.570. The van der Waals surface area contributed by atoms with Crippen LogP contribution in [0.15, 0.2) is 0 Å². The van der Waals surface area contributed by atoms with Crippen molar-refractivity contribution in [1.29, 1.82) is 0 Å². The third kappa shape index (κ3) is 4.34. The molecule has 0 aliphatic heterocycles. The summed E-state index contributed by atoms with van der Waals surface area (Å²) in [6.07, 6.45) is 2.21. The molecule has 0 rings (SSSR count). The smallest absolute Gasteiger partial charge is 0.322 e. The van der Waals surface area contributed by atoms with Gasteiger partial charge in [0.05, 0.1) is 7.11 Å². The molecular formula is C9H19NO2. The molecule has 0 spiro atoms. The minimum atomic E-state index is -0.198. The lowest BCUT2D eigenvalue weighted by Gasteiger charge is -2.17. The first-order valence-corrected chi connectivity index (χ1v) is 4.45. The van der Waals surface area contributed by atoms with Crippen molar-refractivity contribution >= 4 is 5.97 Å². The van der Waals surface area contributed by atoms with Crippen LogP contribution in [0.4, 0.5) is 0 Å². The van der Waals surface area contributed by atoms with Gasteiger partial charge in [0.25, 0.3) is 0 Å². The Balaban J connectivity index is 3.67. The lowest BCUT2D eigenvalue weighted by molar-refractivity contribution is -0.142. The molecule has 0 aliphatic carbocycles. The standard InChI is InChI=1S/C9H19NO2/c1-5-6-7(2)10-8(3)9(11)12-4/h7-8,10H,5-6H2,1-4H3/t7?,8-/m0/s1. The summed E-state index contributed by atoms with van der Waals surface area (Å²) in [6.45, 7) is 6.02. The van der Waals surface area contributed by atoms with E-state index in [1.165, 1.54) is 7.11 Å². The third-order valence-corrected chi connectivity index (χ3v) is 1.81. The second kappa shape index (κ2) is 6.00. The molecule has 0 aromatic heterocycles. The number of carbonyl (C=O) groups is 1. The van der Waals surface area contributed by atoms with Gasteiger partial charge in [-0.1, -0.05) is 13.3 Å². The van der Waals surface area contributed by atoms with Crippen molar-refractivity contribution in [2.75, 3.05) is 7.11 Å². The average molecular weight is 173 g/mol. The van der Waals surface area contributed by atoms with Gasteiger partial charge < -0.3 is 10.1 Å². The molecule has 72 valence electrons. The number of ether oxygens (including phenoxy) is 1. The van der Waals surface area contributed by atoms with Gasteiger partial charge in [0.1, 0.15) is 6.04 Å². The van der Waals surface area contributed by atoms with Crippen LogP contribution < -0.4 is 5.32 Å². The molecule has 1 N–H and O–H groups in total. The van der Waals surface area contributed by atoms with Crippen LogP contribution in [0, 0.1) is 0 Å². The Bertz CT molecular complexity index is 136. The van der Waals surface area contributed by atoms with Gasteiger partial charge in [0.15, 0.2) is 0 Å². The summed E-state index contributed by atoms with van der Waals surface area (Å²) in [6, 6.07) is 0.181. The first-order chi connectivity index (χ1) is 5.61. The zero-order valence-electron chi connectivity index (χ0n) is 8.39. The van der Waals surface area contributed by atoms with E-state index in [9.17, 15) is 4.79 Å². The number of methoxy groups -OCH3 is 1. The first-order valence-electron chi connectivity index (χ1n) is 4.45. The summed E-state index contributed by atoms with van der Waals surface area (Å²) in [5.41, 5.74) is 0. The number of rotatable bonds is 5. The van der Waals surface area contributed by atoms with Crippen LogP contribution in [-0.2, 0) is 9.53 Å². The highest BCUT2D eigenvalue weighted by molar-refractivity contribution is 5.75. The normalized spacial score (nSPS) is 15.3. The largest absolute Gasteiger partial charge is 0.468 e. The van der Waals surface area contributed by atoms with Crippen LogP contribution in [0.1, 0.15) is 33.6 Å². The molecule has 0 amide bonds. The van der Waals surface area contributed by atoms with E-state index in [1.54, 1.807) is 0 Å². The second-order valence-electron chi connectivity index (χ2n) is 3.10. The highest BCUT2D eigenvalue weighted by Crippen LogP contribution is 1.97. The highest BCUT2D eigenvalue weighted by atomic mass is 16.5. The van der Waals surface area contributed by atoms with E-state index in [-0.39, 0.29) is 12.0 Å². The molecule has 0 aromatic rings. The summed E-state index contributed by atoms with van der Waals surface area (Å²) < 4.78 is 4.59. The van der Waals surface area contributed by atoms with E-state index in [1.807, 2.05) is 6.92 Å². The fraction of sp³-hybridized carbons (Fsp3) is 0.889. The maximum Gasteiger partial charge on any atom is 0.322 e. The minimum absolute atomic E-state index is 0.196. The molecule has 0 saturated carbocycles. The lowest BCUT2D eigenvalue weighted by atomic mass is 10.2.